The van der Waals surface area contributed by atoms with Gasteiger partial charge >= 0.3 is 0 Å². The van der Waals surface area contributed by atoms with Crippen molar-refractivity contribution in [1.29, 1.82) is 0 Å². The number of aryl methyl sites for hydroxylation is 1. The van der Waals surface area contributed by atoms with E-state index in [1.165, 1.54) is 0 Å². The van der Waals surface area contributed by atoms with Gasteiger partial charge in [-0.1, -0.05) is 13.8 Å². The third-order valence-corrected chi connectivity index (χ3v) is 7.88. The van der Waals surface area contributed by atoms with E-state index in [1.54, 1.807) is 11.7 Å². The monoisotopic (exact) mass is 382 g/mol. The van der Waals surface area contributed by atoms with Crippen molar-refractivity contribution in [2.24, 2.45) is 4.36 Å². The zero-order chi connectivity index (χ0) is 18.9. The molecular weight excluding hydrogens is 352 g/mol. The van der Waals surface area contributed by atoms with Crippen molar-refractivity contribution in [2.45, 2.75) is 51.7 Å². The van der Waals surface area contributed by atoms with Gasteiger partial charge in [0.25, 0.3) is 5.91 Å². The molecule has 26 heavy (non-hydrogen) atoms. The number of aromatic nitrogens is 2. The molecule has 2 saturated heterocycles. The van der Waals surface area contributed by atoms with E-state index >= 15 is 0 Å². The standard InChI is InChI=1S/C18H30N4O3S/c1-5-22-16(12-15(20-22)14(2)3)17(23)21-8-9-25-18(13-21)6-10-26(24,19-4)11-7-18/h12,14H,5-11,13H2,1-4H3. The number of rotatable bonds is 3. The van der Waals surface area contributed by atoms with Crippen molar-refractivity contribution in [1.82, 2.24) is 14.7 Å². The molecule has 0 atom stereocenters. The average Bonchev–Trinajstić information content (AvgIpc) is 3.09. The van der Waals surface area contributed by atoms with Crippen LogP contribution < -0.4 is 0 Å². The zero-order valence-electron chi connectivity index (χ0n) is 16.2. The minimum atomic E-state index is -2.08. The van der Waals surface area contributed by atoms with Gasteiger partial charge in [0.2, 0.25) is 0 Å². The predicted molar refractivity (Wildman–Crippen MR) is 102 cm³/mol. The van der Waals surface area contributed by atoms with E-state index in [0.29, 0.717) is 56.3 Å². The van der Waals surface area contributed by atoms with E-state index < -0.39 is 9.73 Å². The summed E-state index contributed by atoms with van der Waals surface area (Å²) < 4.78 is 24.4. The summed E-state index contributed by atoms with van der Waals surface area (Å²) in [4.78, 5) is 15.0. The lowest BCUT2D eigenvalue weighted by Gasteiger charge is -2.45. The zero-order valence-corrected chi connectivity index (χ0v) is 17.0. The van der Waals surface area contributed by atoms with Gasteiger partial charge < -0.3 is 9.64 Å². The molecule has 1 spiro atoms. The molecule has 1 amide bonds. The summed E-state index contributed by atoms with van der Waals surface area (Å²) in [6.07, 6.45) is 1.38. The quantitative estimate of drug-likeness (QED) is 0.802. The molecule has 2 aliphatic rings. The molecule has 8 heteroatoms. The topological polar surface area (TPSA) is 76.8 Å². The second kappa shape index (κ2) is 7.31. The molecule has 2 fully saturated rings. The van der Waals surface area contributed by atoms with Crippen LogP contribution >= 0.6 is 0 Å². The number of ether oxygens (including phenoxy) is 1. The lowest BCUT2D eigenvalue weighted by Crippen LogP contribution is -2.56. The van der Waals surface area contributed by atoms with Crippen LogP contribution in [0, 0.1) is 0 Å². The van der Waals surface area contributed by atoms with Crippen molar-refractivity contribution in [3.05, 3.63) is 17.5 Å². The first-order chi connectivity index (χ1) is 12.3. The molecule has 0 unspecified atom stereocenters. The van der Waals surface area contributed by atoms with Crippen LogP contribution in [0.2, 0.25) is 0 Å². The Morgan fingerprint density at radius 3 is 2.69 bits per heavy atom. The van der Waals surface area contributed by atoms with E-state index in [1.807, 2.05) is 17.9 Å². The first-order valence-corrected chi connectivity index (χ1v) is 11.3. The Bertz CT molecular complexity index is 778. The van der Waals surface area contributed by atoms with Crippen LogP contribution in [0.1, 0.15) is 55.7 Å². The van der Waals surface area contributed by atoms with Gasteiger partial charge in [0, 0.05) is 41.4 Å². The van der Waals surface area contributed by atoms with Gasteiger partial charge in [0.15, 0.2) is 0 Å². The summed E-state index contributed by atoms with van der Waals surface area (Å²) in [6.45, 7) is 8.49. The first kappa shape index (κ1) is 19.4. The molecule has 7 nitrogen and oxygen atoms in total. The highest BCUT2D eigenvalue weighted by molar-refractivity contribution is 7.93. The number of amides is 1. The van der Waals surface area contributed by atoms with E-state index in [0.717, 1.165) is 5.69 Å². The summed E-state index contributed by atoms with van der Waals surface area (Å²) in [6, 6.07) is 1.92. The third-order valence-electron chi connectivity index (χ3n) is 5.53. The fraction of sp³-hybridized carbons (Fsp3) is 0.778. The Morgan fingerprint density at radius 2 is 2.12 bits per heavy atom. The van der Waals surface area contributed by atoms with Gasteiger partial charge in [-0.05, 0) is 31.7 Å². The van der Waals surface area contributed by atoms with Crippen LogP contribution in [0.25, 0.3) is 0 Å². The minimum absolute atomic E-state index is 0.0143. The number of nitrogens with zero attached hydrogens (tertiary/aromatic N) is 4. The Balaban J connectivity index is 1.78. The summed E-state index contributed by atoms with van der Waals surface area (Å²) in [5.74, 6) is 1.40. The molecule has 3 rings (SSSR count). The smallest absolute Gasteiger partial charge is 0.272 e. The van der Waals surface area contributed by atoms with Gasteiger partial charge in [-0.3, -0.25) is 9.48 Å². The number of carbonyl (C=O) groups excluding carboxylic acids is 1. The predicted octanol–water partition coefficient (Wildman–Crippen LogP) is 2.13. The van der Waals surface area contributed by atoms with Crippen LogP contribution in [-0.4, -0.2) is 68.6 Å². The maximum absolute atomic E-state index is 13.2. The van der Waals surface area contributed by atoms with Gasteiger partial charge in [0.05, 0.1) is 24.4 Å². The number of hydrogen-bond donors (Lipinski definition) is 0. The summed E-state index contributed by atoms with van der Waals surface area (Å²) in [5, 5.41) is 4.57. The molecule has 146 valence electrons. The maximum Gasteiger partial charge on any atom is 0.272 e. The lowest BCUT2D eigenvalue weighted by atomic mass is 9.94. The Kier molecular flexibility index (Phi) is 5.44. The van der Waals surface area contributed by atoms with E-state index in [9.17, 15) is 9.00 Å². The highest BCUT2D eigenvalue weighted by atomic mass is 32.2. The Morgan fingerprint density at radius 1 is 1.42 bits per heavy atom. The van der Waals surface area contributed by atoms with E-state index in [-0.39, 0.29) is 17.4 Å². The SMILES string of the molecule is CCn1nc(C(C)C)cc1C(=O)N1CCOC2(CCS(=O)(=NC)CC2)C1. The van der Waals surface area contributed by atoms with Gasteiger partial charge in [-0.15, -0.1) is 0 Å². The summed E-state index contributed by atoms with van der Waals surface area (Å²) in [5.41, 5.74) is 1.22. The van der Waals surface area contributed by atoms with Crippen molar-refractivity contribution < 1.29 is 13.7 Å². The first-order valence-electron chi connectivity index (χ1n) is 9.43. The van der Waals surface area contributed by atoms with Crippen LogP contribution in [0.5, 0.6) is 0 Å². The summed E-state index contributed by atoms with van der Waals surface area (Å²) in [7, 11) is -0.448. The van der Waals surface area contributed by atoms with Crippen molar-refractivity contribution in [2.75, 3.05) is 38.2 Å². The molecule has 0 radical (unpaired) electrons. The van der Waals surface area contributed by atoms with Gasteiger partial charge in [0.1, 0.15) is 5.69 Å². The molecule has 0 aliphatic carbocycles. The van der Waals surface area contributed by atoms with Crippen LogP contribution in [0.3, 0.4) is 0 Å². The summed E-state index contributed by atoms with van der Waals surface area (Å²) >= 11 is 0. The minimum Gasteiger partial charge on any atom is -0.371 e. The van der Waals surface area contributed by atoms with E-state index in [4.69, 9.17) is 4.74 Å². The maximum atomic E-state index is 13.2. The normalized spacial score (nSPS) is 29.3. The van der Waals surface area contributed by atoms with Crippen LogP contribution in [-0.2, 0) is 21.0 Å². The molecule has 0 bridgehead atoms. The Hall–Kier alpha value is -1.41. The molecule has 0 saturated carbocycles. The highest BCUT2D eigenvalue weighted by Crippen LogP contribution is 2.32. The van der Waals surface area contributed by atoms with Crippen LogP contribution in [0.4, 0.5) is 0 Å². The van der Waals surface area contributed by atoms with Gasteiger partial charge in [-0.25, -0.2) is 8.57 Å². The van der Waals surface area contributed by atoms with Gasteiger partial charge in [-0.2, -0.15) is 5.10 Å². The fourth-order valence-corrected chi connectivity index (χ4v) is 5.67. The van der Waals surface area contributed by atoms with Crippen LogP contribution in [0.15, 0.2) is 10.4 Å². The largest absolute Gasteiger partial charge is 0.371 e. The lowest BCUT2D eigenvalue weighted by molar-refractivity contribution is -0.104. The number of hydrogen-bond acceptors (Lipinski definition) is 5. The molecule has 2 aliphatic heterocycles. The number of morpholine rings is 1. The van der Waals surface area contributed by atoms with Crippen molar-refractivity contribution >= 4 is 15.6 Å². The number of carbonyl (C=O) groups is 1. The molecule has 0 N–H and O–H groups in total. The van der Waals surface area contributed by atoms with Crippen molar-refractivity contribution in [3.8, 4) is 0 Å². The van der Waals surface area contributed by atoms with Crippen molar-refractivity contribution in [3.63, 3.8) is 0 Å². The molecule has 3 heterocycles. The highest BCUT2D eigenvalue weighted by Gasteiger charge is 2.42. The second-order valence-electron chi connectivity index (χ2n) is 7.55. The third kappa shape index (κ3) is 3.67. The molecule has 0 aromatic carbocycles. The van der Waals surface area contributed by atoms with E-state index in [2.05, 4.69) is 23.3 Å². The second-order valence-corrected chi connectivity index (χ2v) is 10.3. The molecule has 1 aromatic rings. The molecule has 1 aromatic heterocycles. The fourth-order valence-electron chi connectivity index (χ4n) is 3.72. The Labute approximate surface area is 156 Å². The average molecular weight is 383 g/mol. The molecular formula is C18H30N4O3S.